The van der Waals surface area contributed by atoms with Crippen LogP contribution in [0.5, 0.6) is 11.5 Å². The molecule has 152 valence electrons. The van der Waals surface area contributed by atoms with E-state index in [2.05, 4.69) is 0 Å². The normalized spacial score (nSPS) is 13.8. The van der Waals surface area contributed by atoms with Crippen molar-refractivity contribution in [1.29, 1.82) is 0 Å². The molecule has 0 aliphatic carbocycles. The van der Waals surface area contributed by atoms with Gasteiger partial charge in [-0.25, -0.2) is 0 Å². The molecule has 0 aliphatic rings. The van der Waals surface area contributed by atoms with Gasteiger partial charge in [0.05, 0.1) is 15.1 Å². The molecule has 0 fully saturated rings. The van der Waals surface area contributed by atoms with Gasteiger partial charge in [0, 0.05) is 10.6 Å². The number of benzene rings is 3. The molecule has 1 atom stereocenters. The highest BCUT2D eigenvalue weighted by molar-refractivity contribution is 7.87. The van der Waals surface area contributed by atoms with Crippen molar-refractivity contribution >= 4 is 56.5 Å². The van der Waals surface area contributed by atoms with Gasteiger partial charge in [0.2, 0.25) is 0 Å². The number of phenols is 2. The second-order valence-corrected chi connectivity index (χ2v) is 9.28. The first-order valence-electron chi connectivity index (χ1n) is 7.89. The zero-order valence-electron chi connectivity index (χ0n) is 14.3. The van der Waals surface area contributed by atoms with Crippen LogP contribution in [0.4, 0.5) is 0 Å². The van der Waals surface area contributed by atoms with Crippen molar-refractivity contribution in [3.8, 4) is 11.5 Å². The van der Waals surface area contributed by atoms with E-state index in [9.17, 15) is 23.2 Å². The Morgan fingerprint density at radius 3 is 1.86 bits per heavy atom. The molecule has 0 radical (unpaired) electrons. The van der Waals surface area contributed by atoms with Crippen LogP contribution in [0.15, 0.2) is 54.6 Å². The Morgan fingerprint density at radius 1 is 0.759 bits per heavy atom. The monoisotopic (exact) mass is 492 g/mol. The molecule has 0 aromatic heterocycles. The van der Waals surface area contributed by atoms with Crippen molar-refractivity contribution in [2.24, 2.45) is 0 Å². The van der Waals surface area contributed by atoms with Gasteiger partial charge in [0.15, 0.2) is 10.5 Å². The predicted molar refractivity (Wildman–Crippen MR) is 114 cm³/mol. The number of hydrogen-bond donors (Lipinski definition) is 3. The van der Waals surface area contributed by atoms with Crippen molar-refractivity contribution in [2.75, 3.05) is 0 Å². The Labute approximate surface area is 186 Å². The summed E-state index contributed by atoms with van der Waals surface area (Å²) in [6.45, 7) is 0. The molecule has 5 nitrogen and oxygen atoms in total. The van der Waals surface area contributed by atoms with Gasteiger partial charge in [0.1, 0.15) is 5.75 Å². The largest absolute Gasteiger partial charge is 0.506 e. The van der Waals surface area contributed by atoms with Crippen LogP contribution in [0, 0.1) is 0 Å². The molecule has 0 saturated heterocycles. The molecule has 0 heterocycles. The lowest BCUT2D eigenvalue weighted by molar-refractivity contribution is 0.455. The fourth-order valence-electron chi connectivity index (χ4n) is 3.14. The molecule has 0 spiro atoms. The maximum absolute atomic E-state index is 12.9. The standard InChI is InChI=1S/C19H12Cl4O5S/c20-12-4-1-10(2-5-12)19(29(26,27)28,11-3-7-14(21)16(24)9-11)13-6-8-15(22)18(25)17(13)23/h1-9,24-25H,(H,26,27,28). The van der Waals surface area contributed by atoms with E-state index in [-0.39, 0.29) is 31.8 Å². The van der Waals surface area contributed by atoms with Crippen molar-refractivity contribution in [3.63, 3.8) is 0 Å². The summed E-state index contributed by atoms with van der Waals surface area (Å²) in [6.07, 6.45) is 0. The molecule has 0 saturated carbocycles. The van der Waals surface area contributed by atoms with E-state index in [1.54, 1.807) is 0 Å². The highest BCUT2D eigenvalue weighted by Crippen LogP contribution is 2.50. The van der Waals surface area contributed by atoms with Gasteiger partial charge in [-0.15, -0.1) is 0 Å². The molecule has 10 heteroatoms. The van der Waals surface area contributed by atoms with Gasteiger partial charge >= 0.3 is 0 Å². The van der Waals surface area contributed by atoms with E-state index in [0.717, 1.165) is 6.07 Å². The van der Waals surface area contributed by atoms with Gasteiger partial charge in [-0.2, -0.15) is 8.42 Å². The fraction of sp³-hybridized carbons (Fsp3) is 0.0526. The third-order valence-electron chi connectivity index (χ3n) is 4.44. The first kappa shape index (κ1) is 22.0. The van der Waals surface area contributed by atoms with E-state index < -0.39 is 26.4 Å². The molecule has 0 aliphatic heterocycles. The van der Waals surface area contributed by atoms with Crippen LogP contribution in [0.1, 0.15) is 16.7 Å². The van der Waals surface area contributed by atoms with Crippen molar-refractivity contribution < 1.29 is 23.2 Å². The zero-order valence-corrected chi connectivity index (χ0v) is 18.1. The number of aromatic hydroxyl groups is 2. The molecule has 3 aromatic rings. The van der Waals surface area contributed by atoms with Gasteiger partial charge < -0.3 is 10.2 Å². The Kier molecular flexibility index (Phi) is 5.98. The van der Waals surface area contributed by atoms with Crippen LogP contribution in [-0.2, 0) is 14.9 Å². The van der Waals surface area contributed by atoms with E-state index >= 15 is 0 Å². The van der Waals surface area contributed by atoms with Crippen LogP contribution >= 0.6 is 46.4 Å². The highest BCUT2D eigenvalue weighted by atomic mass is 35.5. The minimum atomic E-state index is -5.02. The van der Waals surface area contributed by atoms with Crippen molar-refractivity contribution in [3.05, 3.63) is 91.4 Å². The first-order valence-corrected chi connectivity index (χ1v) is 10.8. The Bertz CT molecular complexity index is 1200. The van der Waals surface area contributed by atoms with Gasteiger partial charge in [0.25, 0.3) is 10.1 Å². The summed E-state index contributed by atoms with van der Waals surface area (Å²) in [5.74, 6) is -0.980. The van der Waals surface area contributed by atoms with Crippen LogP contribution in [0.2, 0.25) is 20.1 Å². The Hall–Kier alpha value is -1.67. The maximum Gasteiger partial charge on any atom is 0.283 e. The summed E-state index contributed by atoms with van der Waals surface area (Å²) in [5.41, 5.74) is -0.213. The Balaban J connectivity index is 2.56. The molecule has 3 aromatic carbocycles. The molecule has 1 unspecified atom stereocenters. The summed E-state index contributed by atoms with van der Waals surface area (Å²) >= 11 is 24.0. The average molecular weight is 494 g/mol. The molecular formula is C19H12Cl4O5S. The van der Waals surface area contributed by atoms with E-state index in [1.807, 2.05) is 0 Å². The minimum Gasteiger partial charge on any atom is -0.506 e. The number of halogens is 4. The second kappa shape index (κ2) is 7.87. The lowest BCUT2D eigenvalue weighted by Gasteiger charge is -2.33. The molecule has 0 amide bonds. The van der Waals surface area contributed by atoms with E-state index in [4.69, 9.17) is 46.4 Å². The number of rotatable bonds is 4. The SMILES string of the molecule is O=S(=O)(O)C(c1ccc(Cl)cc1)(c1ccc(Cl)c(O)c1)c1ccc(Cl)c(O)c1Cl. The van der Waals surface area contributed by atoms with Crippen molar-refractivity contribution in [1.82, 2.24) is 0 Å². The molecule has 3 rings (SSSR count). The minimum absolute atomic E-state index is 0.0286. The third kappa shape index (κ3) is 3.65. The smallest absolute Gasteiger partial charge is 0.283 e. The first-order chi connectivity index (χ1) is 13.5. The summed E-state index contributed by atoms with van der Waals surface area (Å²) in [6, 6.07) is 11.8. The lowest BCUT2D eigenvalue weighted by Crippen LogP contribution is -2.38. The summed E-state index contributed by atoms with van der Waals surface area (Å²) < 4.78 is 34.0. The van der Waals surface area contributed by atoms with Crippen LogP contribution < -0.4 is 0 Å². The van der Waals surface area contributed by atoms with Crippen LogP contribution in [-0.4, -0.2) is 23.2 Å². The predicted octanol–water partition coefficient (Wildman–Crippen LogP) is 5.89. The highest BCUT2D eigenvalue weighted by Gasteiger charge is 2.50. The summed E-state index contributed by atoms with van der Waals surface area (Å²) in [7, 11) is -5.02. The molecular weight excluding hydrogens is 482 g/mol. The van der Waals surface area contributed by atoms with Crippen LogP contribution in [0.25, 0.3) is 0 Å². The van der Waals surface area contributed by atoms with Gasteiger partial charge in [-0.05, 0) is 41.5 Å². The maximum atomic E-state index is 12.9. The number of phenolic OH excluding ortho intramolecular Hbond substituents is 2. The molecule has 3 N–H and O–H groups in total. The fourth-order valence-corrected chi connectivity index (χ4v) is 5.26. The van der Waals surface area contributed by atoms with E-state index in [1.165, 1.54) is 48.5 Å². The Morgan fingerprint density at radius 2 is 1.31 bits per heavy atom. The van der Waals surface area contributed by atoms with Crippen LogP contribution in [0.3, 0.4) is 0 Å². The third-order valence-corrected chi connectivity index (χ3v) is 7.16. The van der Waals surface area contributed by atoms with Gasteiger partial charge in [-0.1, -0.05) is 70.7 Å². The summed E-state index contributed by atoms with van der Waals surface area (Å²) in [4.78, 5) is 0. The lowest BCUT2D eigenvalue weighted by atomic mass is 9.83. The van der Waals surface area contributed by atoms with Crippen molar-refractivity contribution in [2.45, 2.75) is 4.75 Å². The summed E-state index contributed by atoms with van der Waals surface area (Å²) in [5, 5.41) is 20.1. The average Bonchev–Trinajstić information content (AvgIpc) is 2.65. The van der Waals surface area contributed by atoms with E-state index in [0.29, 0.717) is 5.02 Å². The van der Waals surface area contributed by atoms with Gasteiger partial charge in [-0.3, -0.25) is 4.55 Å². The molecule has 0 bridgehead atoms. The second-order valence-electron chi connectivity index (χ2n) is 6.09. The number of hydrogen-bond acceptors (Lipinski definition) is 4. The quantitative estimate of drug-likeness (QED) is 0.311. The molecule has 29 heavy (non-hydrogen) atoms. The zero-order chi connectivity index (χ0) is 21.6. The topological polar surface area (TPSA) is 94.8 Å².